The Balaban J connectivity index is 1.29. The summed E-state index contributed by atoms with van der Waals surface area (Å²) in [5.41, 5.74) is -2.50. The first-order valence-corrected chi connectivity index (χ1v) is 13.9. The molecule has 2 N–H and O–H groups in total. The van der Waals surface area contributed by atoms with Crippen molar-refractivity contribution in [2.45, 2.75) is 90.1 Å². The number of ether oxygens (including phenoxy) is 5. The van der Waals surface area contributed by atoms with Gasteiger partial charge in [-0.3, -0.25) is 14.3 Å². The Hall–Kier alpha value is -1.85. The van der Waals surface area contributed by atoms with Crippen molar-refractivity contribution in [2.75, 3.05) is 6.61 Å². The Kier molecular flexibility index (Phi) is 5.07. The van der Waals surface area contributed by atoms with E-state index < -0.39 is 64.9 Å². The summed E-state index contributed by atoms with van der Waals surface area (Å²) in [4.78, 5) is 38.4. The van der Waals surface area contributed by atoms with Crippen molar-refractivity contribution < 1.29 is 48.3 Å². The van der Waals surface area contributed by atoms with E-state index in [1.807, 2.05) is 13.8 Å². The summed E-state index contributed by atoms with van der Waals surface area (Å²) in [7, 11) is 0. The fourth-order valence-electron chi connectivity index (χ4n) is 10.2. The normalized spacial score (nSPS) is 54.9. The second-order valence-electron chi connectivity index (χ2n) is 13.1. The van der Waals surface area contributed by atoms with Crippen LogP contribution in [0.5, 0.6) is 0 Å². The molecule has 0 radical (unpaired) electrons. The maximum Gasteiger partial charge on any atom is 0.316 e. The molecule has 13 atom stereocenters. The first kappa shape index (κ1) is 25.1. The van der Waals surface area contributed by atoms with E-state index >= 15 is 0 Å². The molecule has 0 amide bonds. The van der Waals surface area contributed by atoms with E-state index in [0.717, 1.165) is 24.7 Å². The minimum atomic E-state index is -1.86. The van der Waals surface area contributed by atoms with E-state index in [0.29, 0.717) is 18.8 Å². The molecule has 0 aromatic rings. The van der Waals surface area contributed by atoms with Crippen LogP contribution in [-0.2, 0) is 38.1 Å². The zero-order valence-corrected chi connectivity index (χ0v) is 22.1. The van der Waals surface area contributed by atoms with Gasteiger partial charge in [0.2, 0.25) is 0 Å². The Labute approximate surface area is 221 Å². The SMILES string of the molecule is CC(=O)O[C@@H]1[C@@H]2O[C@@]3(OC[C@@]45C[C@@H]6[C@H](C)CC[C@H]6[C@]6(C=O)C[C@H]4C=C(C(C)C)[C@@]56C(=O)O)O[C@@H]2O[C@@H]1[C@@H]3O. The molecular weight excluding hydrogens is 496 g/mol. The van der Waals surface area contributed by atoms with E-state index in [1.54, 1.807) is 0 Å². The lowest BCUT2D eigenvalue weighted by Crippen LogP contribution is -2.66. The van der Waals surface area contributed by atoms with E-state index in [2.05, 4.69) is 13.0 Å². The molecule has 10 nitrogen and oxygen atoms in total. The van der Waals surface area contributed by atoms with Gasteiger partial charge in [-0.2, -0.15) is 0 Å². The number of esters is 1. The maximum atomic E-state index is 13.6. The molecule has 208 valence electrons. The van der Waals surface area contributed by atoms with Gasteiger partial charge in [0.1, 0.15) is 17.8 Å². The molecule has 4 saturated heterocycles. The second-order valence-corrected chi connectivity index (χ2v) is 13.1. The number of aliphatic carboxylic acids is 1. The fraction of sp³-hybridized carbons (Fsp3) is 0.821. The molecule has 10 heteroatoms. The minimum absolute atomic E-state index is 0.0130. The highest BCUT2D eigenvalue weighted by atomic mass is 17.0. The average Bonchev–Trinajstić information content (AvgIpc) is 3.58. The third-order valence-electron chi connectivity index (χ3n) is 11.4. The van der Waals surface area contributed by atoms with Crippen molar-refractivity contribution in [1.29, 1.82) is 0 Å². The molecule has 8 rings (SSSR count). The van der Waals surface area contributed by atoms with Gasteiger partial charge in [-0.25, -0.2) is 0 Å². The molecule has 8 aliphatic rings. The molecule has 8 bridgehead atoms. The number of allylic oxidation sites excluding steroid dienone is 1. The average molecular weight is 533 g/mol. The fourth-order valence-corrected chi connectivity index (χ4v) is 10.2. The van der Waals surface area contributed by atoms with Crippen molar-refractivity contribution >= 4 is 18.2 Å². The maximum absolute atomic E-state index is 13.6. The smallest absolute Gasteiger partial charge is 0.316 e. The molecule has 4 aliphatic carbocycles. The Morgan fingerprint density at radius 3 is 2.63 bits per heavy atom. The molecular formula is C28H36O10. The van der Waals surface area contributed by atoms with Gasteiger partial charge in [-0.1, -0.05) is 38.8 Å². The van der Waals surface area contributed by atoms with Gasteiger partial charge in [0.25, 0.3) is 0 Å². The lowest BCUT2D eigenvalue weighted by atomic mass is 9.43. The van der Waals surface area contributed by atoms with Crippen LogP contribution in [0, 0.1) is 45.8 Å². The molecule has 4 aliphatic heterocycles. The standard InChI is InChI=1S/C28H36O10/c1-12(2)18-7-15-8-25(10-29)17-6-5-13(3)16(17)9-26(15,27(18,25)24(32)33)11-34-28-22(31)20-19(35-14(4)30)21(37-28)23(36-20)38-28/h7,10,12-13,15-17,19-23,31H,5-6,8-9,11H2,1-4H3,(H,32,33)/t13-,15-,16-,17-,19+,20+,21+,22+,23+,25-,26+,27+,28-/m1/s1. The third kappa shape index (κ3) is 2.56. The molecule has 7 fully saturated rings. The van der Waals surface area contributed by atoms with E-state index in [9.17, 15) is 24.6 Å². The Morgan fingerprint density at radius 2 is 1.97 bits per heavy atom. The summed E-state index contributed by atoms with van der Waals surface area (Å²) in [5, 5.41) is 22.3. The van der Waals surface area contributed by atoms with Crippen molar-refractivity contribution in [2.24, 2.45) is 45.8 Å². The summed E-state index contributed by atoms with van der Waals surface area (Å²) < 4.78 is 29.5. The van der Waals surface area contributed by atoms with Gasteiger partial charge in [0.05, 0.1) is 12.0 Å². The predicted molar refractivity (Wildman–Crippen MR) is 127 cm³/mol. The van der Waals surface area contributed by atoms with Gasteiger partial charge in [0, 0.05) is 12.3 Å². The first-order chi connectivity index (χ1) is 18.0. The number of aldehydes is 1. The number of aliphatic hydroxyl groups excluding tert-OH is 1. The van der Waals surface area contributed by atoms with E-state index in [1.165, 1.54) is 6.92 Å². The molecule has 0 aromatic carbocycles. The predicted octanol–water partition coefficient (Wildman–Crippen LogP) is 2.03. The van der Waals surface area contributed by atoms with Crippen LogP contribution in [0.2, 0.25) is 0 Å². The number of hydrogen-bond donors (Lipinski definition) is 2. The molecule has 0 aromatic heterocycles. The number of rotatable bonds is 7. The summed E-state index contributed by atoms with van der Waals surface area (Å²) in [6.45, 7) is 7.41. The zero-order valence-electron chi connectivity index (χ0n) is 22.1. The minimum Gasteiger partial charge on any atom is -0.481 e. The number of carbonyl (C=O) groups excluding carboxylic acids is 2. The van der Waals surface area contributed by atoms with Gasteiger partial charge in [-0.15, -0.1) is 0 Å². The number of hydrogen-bond acceptors (Lipinski definition) is 9. The van der Waals surface area contributed by atoms with Crippen LogP contribution in [0.25, 0.3) is 0 Å². The first-order valence-electron chi connectivity index (χ1n) is 13.9. The van der Waals surface area contributed by atoms with Crippen molar-refractivity contribution in [3.8, 4) is 0 Å². The summed E-state index contributed by atoms with van der Waals surface area (Å²) >= 11 is 0. The largest absolute Gasteiger partial charge is 0.481 e. The van der Waals surface area contributed by atoms with Crippen LogP contribution < -0.4 is 0 Å². The number of fused-ring (bicyclic) bond motifs is 2. The van der Waals surface area contributed by atoms with Crippen LogP contribution in [-0.4, -0.2) is 71.7 Å². The Morgan fingerprint density at radius 1 is 1.21 bits per heavy atom. The van der Waals surface area contributed by atoms with Crippen LogP contribution >= 0.6 is 0 Å². The molecule has 4 heterocycles. The number of carbonyl (C=O) groups is 3. The summed E-state index contributed by atoms with van der Waals surface area (Å²) in [5.74, 6) is -2.98. The molecule has 38 heavy (non-hydrogen) atoms. The van der Waals surface area contributed by atoms with Gasteiger partial charge >= 0.3 is 17.9 Å². The highest BCUT2D eigenvalue weighted by Gasteiger charge is 2.85. The zero-order chi connectivity index (χ0) is 27.0. The number of aliphatic hydroxyl groups is 1. The van der Waals surface area contributed by atoms with Crippen LogP contribution in [0.4, 0.5) is 0 Å². The van der Waals surface area contributed by atoms with Crippen molar-refractivity contribution in [1.82, 2.24) is 0 Å². The summed E-state index contributed by atoms with van der Waals surface area (Å²) in [6, 6.07) is 0. The van der Waals surface area contributed by atoms with Gasteiger partial charge < -0.3 is 34.0 Å². The quantitative estimate of drug-likeness (QED) is 0.285. The van der Waals surface area contributed by atoms with E-state index in [4.69, 9.17) is 23.7 Å². The van der Waals surface area contributed by atoms with E-state index in [-0.39, 0.29) is 30.3 Å². The van der Waals surface area contributed by atoms with Crippen molar-refractivity contribution in [3.05, 3.63) is 11.6 Å². The second kappa shape index (κ2) is 7.66. The number of carboxylic acid groups (broad SMARTS) is 1. The van der Waals surface area contributed by atoms with Crippen LogP contribution in [0.1, 0.15) is 53.4 Å². The summed E-state index contributed by atoms with van der Waals surface area (Å²) in [6.07, 6.45) is 1.24. The lowest BCUT2D eigenvalue weighted by Gasteiger charge is -2.58. The van der Waals surface area contributed by atoms with Crippen LogP contribution in [0.3, 0.4) is 0 Å². The highest BCUT2D eigenvalue weighted by molar-refractivity contribution is 5.90. The highest BCUT2D eigenvalue weighted by Crippen LogP contribution is 2.82. The van der Waals surface area contributed by atoms with Gasteiger partial charge in [-0.05, 0) is 48.9 Å². The number of carboxylic acids is 1. The molecule has 0 spiro atoms. The van der Waals surface area contributed by atoms with Gasteiger partial charge in [0.15, 0.2) is 24.6 Å². The lowest BCUT2D eigenvalue weighted by molar-refractivity contribution is -0.447. The van der Waals surface area contributed by atoms with Crippen molar-refractivity contribution in [3.63, 3.8) is 0 Å². The molecule has 0 unspecified atom stereocenters. The topological polar surface area (TPSA) is 138 Å². The third-order valence-corrected chi connectivity index (χ3v) is 11.4. The Bertz CT molecular complexity index is 1130. The van der Waals surface area contributed by atoms with Crippen LogP contribution in [0.15, 0.2) is 11.6 Å². The monoisotopic (exact) mass is 532 g/mol. The molecule has 3 saturated carbocycles.